The molecule has 1 fully saturated rings. The summed E-state index contributed by atoms with van der Waals surface area (Å²) in [7, 11) is 0. The van der Waals surface area contributed by atoms with E-state index < -0.39 is 18.3 Å². The summed E-state index contributed by atoms with van der Waals surface area (Å²) in [6.45, 7) is 1.67. The van der Waals surface area contributed by atoms with E-state index in [-0.39, 0.29) is 6.04 Å². The van der Waals surface area contributed by atoms with Gasteiger partial charge in [0.05, 0.1) is 6.10 Å². The summed E-state index contributed by atoms with van der Waals surface area (Å²) in [4.78, 5) is 12.1. The molecule has 0 radical (unpaired) electrons. The van der Waals surface area contributed by atoms with Crippen molar-refractivity contribution in [2.45, 2.75) is 63.7 Å². The van der Waals surface area contributed by atoms with Crippen molar-refractivity contribution >= 4 is 17.7 Å². The molecular weight excluding hydrogens is 302 g/mol. The highest BCUT2D eigenvalue weighted by Gasteiger charge is 2.23. The predicted molar refractivity (Wildman–Crippen MR) is 87.0 cm³/mol. The third kappa shape index (κ3) is 5.18. The van der Waals surface area contributed by atoms with Crippen LogP contribution in [-0.4, -0.2) is 23.3 Å². The molecule has 1 aliphatic rings. The van der Waals surface area contributed by atoms with Gasteiger partial charge in [-0.2, -0.15) is 0 Å². The van der Waals surface area contributed by atoms with Crippen LogP contribution < -0.4 is 5.32 Å². The summed E-state index contributed by atoms with van der Waals surface area (Å²) in [5, 5.41) is 13.1. The lowest BCUT2D eigenvalue weighted by molar-refractivity contribution is 0.0564. The van der Waals surface area contributed by atoms with Crippen LogP contribution in [0.3, 0.4) is 0 Å². The molecule has 22 heavy (non-hydrogen) atoms. The Bertz CT molecular complexity index is 487. The Hall–Kier alpha value is -1.26. The molecule has 5 heteroatoms. The van der Waals surface area contributed by atoms with Crippen molar-refractivity contribution < 1.29 is 14.6 Å². The van der Waals surface area contributed by atoms with Crippen molar-refractivity contribution in [2.75, 3.05) is 0 Å². The first-order valence-electron chi connectivity index (χ1n) is 7.96. The highest BCUT2D eigenvalue weighted by Crippen LogP contribution is 2.29. The van der Waals surface area contributed by atoms with Crippen LogP contribution >= 0.6 is 11.6 Å². The van der Waals surface area contributed by atoms with Crippen LogP contribution in [0.1, 0.15) is 57.1 Å². The average molecular weight is 326 g/mol. The maximum absolute atomic E-state index is 12.1. The van der Waals surface area contributed by atoms with Crippen LogP contribution in [0.5, 0.6) is 0 Å². The summed E-state index contributed by atoms with van der Waals surface area (Å²) in [5.74, 6) is 0. The highest BCUT2D eigenvalue weighted by molar-refractivity contribution is 6.31. The van der Waals surface area contributed by atoms with Crippen LogP contribution in [0.2, 0.25) is 5.02 Å². The van der Waals surface area contributed by atoms with E-state index in [0.29, 0.717) is 11.4 Å². The van der Waals surface area contributed by atoms with Crippen LogP contribution in [0.15, 0.2) is 24.3 Å². The number of benzene rings is 1. The fourth-order valence-electron chi connectivity index (χ4n) is 2.86. The largest absolute Gasteiger partial charge is 0.441 e. The van der Waals surface area contributed by atoms with E-state index in [2.05, 4.69) is 5.32 Å². The Morgan fingerprint density at radius 2 is 2.05 bits per heavy atom. The van der Waals surface area contributed by atoms with Gasteiger partial charge in [0.15, 0.2) is 0 Å². The number of nitrogens with one attached hydrogen (secondary N) is 1. The normalized spacial score (nSPS) is 18.5. The predicted octanol–water partition coefficient (Wildman–Crippen LogP) is 4.21. The maximum atomic E-state index is 12.1. The fourth-order valence-corrected chi connectivity index (χ4v) is 3.12. The van der Waals surface area contributed by atoms with E-state index in [0.717, 1.165) is 31.2 Å². The molecule has 0 bridgehead atoms. The number of hydrogen-bond acceptors (Lipinski definition) is 3. The van der Waals surface area contributed by atoms with Gasteiger partial charge >= 0.3 is 6.09 Å². The van der Waals surface area contributed by atoms with Crippen molar-refractivity contribution in [1.29, 1.82) is 0 Å². The number of ether oxygens (including phenoxy) is 1. The minimum Gasteiger partial charge on any atom is -0.441 e. The van der Waals surface area contributed by atoms with Crippen LogP contribution in [-0.2, 0) is 4.74 Å². The zero-order chi connectivity index (χ0) is 15.9. The van der Waals surface area contributed by atoms with E-state index in [1.54, 1.807) is 13.0 Å². The third-order valence-corrected chi connectivity index (χ3v) is 4.33. The Morgan fingerprint density at radius 3 is 2.68 bits per heavy atom. The zero-order valence-electron chi connectivity index (χ0n) is 12.9. The quantitative estimate of drug-likeness (QED) is 0.852. The number of amides is 1. The van der Waals surface area contributed by atoms with Crippen molar-refractivity contribution in [3.63, 3.8) is 0 Å². The first-order valence-corrected chi connectivity index (χ1v) is 8.33. The van der Waals surface area contributed by atoms with E-state index in [1.807, 2.05) is 18.2 Å². The standard InChI is InChI=1S/C17H24ClNO3/c1-12(20)11-16(14-9-5-6-10-15(14)18)22-17(21)19-13-7-3-2-4-8-13/h5-6,9-10,12-13,16,20H,2-4,7-8,11H2,1H3,(H,19,21)/t12-,16+/m0/s1. The molecule has 0 aliphatic heterocycles. The number of aliphatic hydroxyl groups is 1. The Balaban J connectivity index is 2.00. The molecule has 2 atom stereocenters. The number of alkyl carbamates (subject to hydrolysis) is 1. The van der Waals surface area contributed by atoms with E-state index in [4.69, 9.17) is 16.3 Å². The lowest BCUT2D eigenvalue weighted by Gasteiger charge is -2.25. The van der Waals surface area contributed by atoms with Crippen molar-refractivity contribution in [1.82, 2.24) is 5.32 Å². The molecule has 1 aromatic carbocycles. The molecular formula is C17H24ClNO3. The van der Waals surface area contributed by atoms with Crippen molar-refractivity contribution in [3.8, 4) is 0 Å². The van der Waals surface area contributed by atoms with Crippen molar-refractivity contribution in [3.05, 3.63) is 34.9 Å². The van der Waals surface area contributed by atoms with E-state index >= 15 is 0 Å². The van der Waals surface area contributed by atoms with Gasteiger partial charge in [-0.15, -0.1) is 0 Å². The number of rotatable bonds is 5. The smallest absolute Gasteiger partial charge is 0.407 e. The monoisotopic (exact) mass is 325 g/mol. The molecule has 0 unspecified atom stereocenters. The Kier molecular flexibility index (Phi) is 6.52. The Morgan fingerprint density at radius 1 is 1.36 bits per heavy atom. The number of carbonyl (C=O) groups excluding carboxylic acids is 1. The summed E-state index contributed by atoms with van der Waals surface area (Å²) in [5.41, 5.74) is 0.726. The van der Waals surface area contributed by atoms with Gasteiger partial charge in [-0.1, -0.05) is 49.1 Å². The number of aliphatic hydroxyl groups excluding tert-OH is 1. The number of carbonyl (C=O) groups is 1. The number of hydrogen-bond donors (Lipinski definition) is 2. The molecule has 1 amide bonds. The SMILES string of the molecule is C[C@H](O)C[C@@H](OC(=O)NC1CCCCC1)c1ccccc1Cl. The van der Waals surface area contributed by atoms with Crippen LogP contribution in [0.25, 0.3) is 0 Å². The zero-order valence-corrected chi connectivity index (χ0v) is 13.7. The van der Waals surface area contributed by atoms with Gasteiger partial charge in [0, 0.05) is 23.0 Å². The summed E-state index contributed by atoms with van der Waals surface area (Å²) < 4.78 is 5.54. The maximum Gasteiger partial charge on any atom is 0.407 e. The molecule has 1 aromatic rings. The first kappa shape index (κ1) is 17.1. The molecule has 2 rings (SSSR count). The molecule has 2 N–H and O–H groups in total. The lowest BCUT2D eigenvalue weighted by atomic mass is 9.96. The molecule has 1 aliphatic carbocycles. The summed E-state index contributed by atoms with van der Waals surface area (Å²) in [6.07, 6.45) is 4.29. The van der Waals surface area contributed by atoms with Gasteiger partial charge in [0.1, 0.15) is 6.10 Å². The second-order valence-corrected chi connectivity index (χ2v) is 6.39. The van der Waals surface area contributed by atoms with Crippen molar-refractivity contribution in [2.24, 2.45) is 0 Å². The number of halogens is 1. The second kappa shape index (κ2) is 8.39. The summed E-state index contributed by atoms with van der Waals surface area (Å²) >= 11 is 6.18. The second-order valence-electron chi connectivity index (χ2n) is 5.98. The van der Waals surface area contributed by atoms with Gasteiger partial charge in [-0.05, 0) is 25.8 Å². The highest BCUT2D eigenvalue weighted by atomic mass is 35.5. The van der Waals surface area contributed by atoms with Gasteiger partial charge in [0.25, 0.3) is 0 Å². The van der Waals surface area contributed by atoms with Gasteiger partial charge in [-0.3, -0.25) is 0 Å². The first-order chi connectivity index (χ1) is 10.6. The third-order valence-electron chi connectivity index (χ3n) is 3.98. The molecule has 122 valence electrons. The minimum atomic E-state index is -0.580. The van der Waals surface area contributed by atoms with Gasteiger partial charge in [-0.25, -0.2) is 4.79 Å². The molecule has 0 aromatic heterocycles. The van der Waals surface area contributed by atoms with Crippen LogP contribution in [0, 0.1) is 0 Å². The average Bonchev–Trinajstić information content (AvgIpc) is 2.47. The fraction of sp³-hybridized carbons (Fsp3) is 0.588. The Labute approximate surface area is 136 Å². The minimum absolute atomic E-state index is 0.194. The molecule has 0 heterocycles. The summed E-state index contributed by atoms with van der Waals surface area (Å²) in [6, 6.07) is 7.45. The van der Waals surface area contributed by atoms with E-state index in [1.165, 1.54) is 6.42 Å². The van der Waals surface area contributed by atoms with Gasteiger partial charge in [0.2, 0.25) is 0 Å². The van der Waals surface area contributed by atoms with Crippen LogP contribution in [0.4, 0.5) is 4.79 Å². The lowest BCUT2D eigenvalue weighted by Crippen LogP contribution is -2.37. The molecule has 0 saturated heterocycles. The van der Waals surface area contributed by atoms with E-state index in [9.17, 15) is 9.90 Å². The molecule has 0 spiro atoms. The van der Waals surface area contributed by atoms with Gasteiger partial charge < -0.3 is 15.2 Å². The molecule has 1 saturated carbocycles. The topological polar surface area (TPSA) is 58.6 Å². The molecule has 4 nitrogen and oxygen atoms in total.